The Morgan fingerprint density at radius 1 is 1.09 bits per heavy atom. The van der Waals surface area contributed by atoms with Crippen molar-refractivity contribution in [1.29, 1.82) is 0 Å². The second-order valence-electron chi connectivity index (χ2n) is 8.56. The van der Waals surface area contributed by atoms with E-state index in [2.05, 4.69) is 48.4 Å². The molecule has 2 aromatic heterocycles. The fraction of sp³-hybridized carbons (Fsp3) is 0.286. The van der Waals surface area contributed by atoms with Crippen molar-refractivity contribution in [2.75, 3.05) is 25.1 Å². The molecular formula is C28H29N3O3. The van der Waals surface area contributed by atoms with Crippen LogP contribution in [0.2, 0.25) is 0 Å². The third-order valence-corrected chi connectivity index (χ3v) is 7.05. The molecule has 1 unspecified atom stereocenters. The van der Waals surface area contributed by atoms with Crippen molar-refractivity contribution in [2.45, 2.75) is 26.4 Å². The van der Waals surface area contributed by atoms with E-state index in [1.54, 1.807) is 25.4 Å². The van der Waals surface area contributed by atoms with Crippen molar-refractivity contribution < 1.29 is 14.3 Å². The lowest BCUT2D eigenvalue weighted by atomic mass is 9.80. The van der Waals surface area contributed by atoms with Crippen LogP contribution in [0.5, 0.6) is 5.75 Å². The SMILES string of the molecule is CCN(CC)c1ccc(C2(c3c(C)n(C)c4ccccc34)OC(=O)c3cccnc32)c(OC)c1. The average Bonchev–Trinajstić information content (AvgIpc) is 3.31. The van der Waals surface area contributed by atoms with Crippen LogP contribution in [-0.4, -0.2) is 35.7 Å². The number of methoxy groups -OCH3 is 1. The van der Waals surface area contributed by atoms with E-state index in [0.29, 0.717) is 17.0 Å². The highest BCUT2D eigenvalue weighted by molar-refractivity contribution is 5.98. The highest BCUT2D eigenvalue weighted by atomic mass is 16.6. The van der Waals surface area contributed by atoms with E-state index >= 15 is 0 Å². The minimum absolute atomic E-state index is 0.384. The van der Waals surface area contributed by atoms with E-state index in [9.17, 15) is 4.79 Å². The van der Waals surface area contributed by atoms with Gasteiger partial charge in [-0.15, -0.1) is 0 Å². The molecule has 0 bridgehead atoms. The van der Waals surface area contributed by atoms with Crippen LogP contribution in [0.4, 0.5) is 5.69 Å². The zero-order valence-corrected chi connectivity index (χ0v) is 20.3. The summed E-state index contributed by atoms with van der Waals surface area (Å²) in [5.41, 5.74) is 4.63. The minimum Gasteiger partial charge on any atom is -0.496 e. The average molecular weight is 456 g/mol. The first-order chi connectivity index (χ1) is 16.5. The molecule has 4 aromatic rings. The molecule has 0 spiro atoms. The maximum absolute atomic E-state index is 13.2. The lowest BCUT2D eigenvalue weighted by Gasteiger charge is -2.32. The van der Waals surface area contributed by atoms with Crippen LogP contribution in [0.15, 0.2) is 60.8 Å². The molecule has 34 heavy (non-hydrogen) atoms. The number of fused-ring (bicyclic) bond motifs is 2. The van der Waals surface area contributed by atoms with Gasteiger partial charge in [-0.05, 0) is 51.1 Å². The predicted molar refractivity (Wildman–Crippen MR) is 134 cm³/mol. The van der Waals surface area contributed by atoms with Crippen LogP contribution in [0.25, 0.3) is 10.9 Å². The molecule has 0 radical (unpaired) electrons. The van der Waals surface area contributed by atoms with Gasteiger partial charge < -0.3 is 18.9 Å². The Morgan fingerprint density at radius 2 is 1.85 bits per heavy atom. The number of benzene rings is 2. The van der Waals surface area contributed by atoms with Crippen molar-refractivity contribution in [1.82, 2.24) is 9.55 Å². The van der Waals surface area contributed by atoms with E-state index in [1.807, 2.05) is 31.3 Å². The summed E-state index contributed by atoms with van der Waals surface area (Å²) >= 11 is 0. The van der Waals surface area contributed by atoms with Gasteiger partial charge in [0.1, 0.15) is 11.4 Å². The zero-order chi connectivity index (χ0) is 24.0. The van der Waals surface area contributed by atoms with E-state index in [1.165, 1.54) is 0 Å². The van der Waals surface area contributed by atoms with Crippen LogP contribution in [0.3, 0.4) is 0 Å². The van der Waals surface area contributed by atoms with Crippen molar-refractivity contribution >= 4 is 22.6 Å². The summed E-state index contributed by atoms with van der Waals surface area (Å²) < 4.78 is 14.5. The fourth-order valence-corrected chi connectivity index (χ4v) is 5.30. The number of pyridine rings is 1. The maximum atomic E-state index is 13.2. The Kier molecular flexibility index (Phi) is 5.31. The number of hydrogen-bond donors (Lipinski definition) is 0. The van der Waals surface area contributed by atoms with Gasteiger partial charge >= 0.3 is 5.97 Å². The van der Waals surface area contributed by atoms with Gasteiger partial charge in [-0.1, -0.05) is 18.2 Å². The van der Waals surface area contributed by atoms with Gasteiger partial charge in [0.25, 0.3) is 0 Å². The first-order valence-electron chi connectivity index (χ1n) is 11.6. The molecule has 0 saturated carbocycles. The molecule has 6 nitrogen and oxygen atoms in total. The van der Waals surface area contributed by atoms with Gasteiger partial charge in [-0.25, -0.2) is 4.79 Å². The largest absolute Gasteiger partial charge is 0.496 e. The number of cyclic esters (lactones) is 1. The molecule has 0 amide bonds. The molecule has 0 aliphatic carbocycles. The van der Waals surface area contributed by atoms with Gasteiger partial charge in [-0.3, -0.25) is 4.98 Å². The van der Waals surface area contributed by atoms with E-state index in [4.69, 9.17) is 14.5 Å². The molecule has 5 rings (SSSR count). The fourth-order valence-electron chi connectivity index (χ4n) is 5.30. The molecule has 6 heteroatoms. The molecule has 0 N–H and O–H groups in total. The van der Waals surface area contributed by atoms with Gasteiger partial charge in [-0.2, -0.15) is 0 Å². The number of aryl methyl sites for hydroxylation is 1. The second kappa shape index (κ2) is 8.20. The normalized spacial score (nSPS) is 17.0. The molecule has 0 saturated heterocycles. The summed E-state index contributed by atoms with van der Waals surface area (Å²) in [6.45, 7) is 8.08. The quantitative estimate of drug-likeness (QED) is 0.374. The standard InChI is InChI=1S/C28H29N3O3/c1-6-31(7-2)19-14-15-22(24(17-19)33-5)28(26-21(27(32)34-28)12-10-16-29-26)25-18(3)30(4)23-13-9-8-11-20(23)25/h8-17H,6-7H2,1-5H3. The van der Waals surface area contributed by atoms with Gasteiger partial charge in [0, 0.05) is 65.8 Å². The van der Waals surface area contributed by atoms with E-state index < -0.39 is 5.60 Å². The first kappa shape index (κ1) is 22.0. The summed E-state index contributed by atoms with van der Waals surface area (Å²) in [5, 5.41) is 1.02. The topological polar surface area (TPSA) is 56.6 Å². The summed E-state index contributed by atoms with van der Waals surface area (Å²) in [4.78, 5) is 20.2. The molecule has 1 aliphatic rings. The first-order valence-corrected chi connectivity index (χ1v) is 11.6. The number of nitrogens with zero attached hydrogens (tertiary/aromatic N) is 3. The molecule has 3 heterocycles. The molecule has 1 atom stereocenters. The van der Waals surface area contributed by atoms with E-state index in [0.717, 1.165) is 46.5 Å². The Morgan fingerprint density at radius 3 is 2.59 bits per heavy atom. The molecule has 174 valence electrons. The van der Waals surface area contributed by atoms with Crippen LogP contribution in [0.1, 0.15) is 46.7 Å². The maximum Gasteiger partial charge on any atom is 0.341 e. The highest BCUT2D eigenvalue weighted by Gasteiger charge is 2.53. The van der Waals surface area contributed by atoms with Crippen LogP contribution in [0, 0.1) is 6.92 Å². The summed E-state index contributed by atoms with van der Waals surface area (Å²) in [6.07, 6.45) is 1.72. The zero-order valence-electron chi connectivity index (χ0n) is 20.3. The number of carbonyl (C=O) groups is 1. The number of aromatic nitrogens is 2. The monoisotopic (exact) mass is 455 g/mol. The minimum atomic E-state index is -1.23. The number of para-hydroxylation sites is 1. The van der Waals surface area contributed by atoms with Crippen molar-refractivity contribution in [3.05, 3.63) is 88.9 Å². The van der Waals surface area contributed by atoms with Crippen LogP contribution in [-0.2, 0) is 17.4 Å². The number of anilines is 1. The molecule has 1 aliphatic heterocycles. The highest BCUT2D eigenvalue weighted by Crippen LogP contribution is 2.52. The van der Waals surface area contributed by atoms with Crippen molar-refractivity contribution in [2.24, 2.45) is 7.05 Å². The van der Waals surface area contributed by atoms with Gasteiger partial charge in [0.2, 0.25) is 5.60 Å². The van der Waals surface area contributed by atoms with Crippen LogP contribution < -0.4 is 9.64 Å². The third kappa shape index (κ3) is 2.94. The summed E-state index contributed by atoms with van der Waals surface area (Å²) in [5.74, 6) is 0.272. The molecule has 2 aromatic carbocycles. The number of rotatable bonds is 6. The third-order valence-electron chi connectivity index (χ3n) is 7.05. The lowest BCUT2D eigenvalue weighted by molar-refractivity contribution is 0.0239. The Bertz CT molecular complexity index is 1400. The Hall–Kier alpha value is -3.80. The number of esters is 1. The van der Waals surface area contributed by atoms with E-state index in [-0.39, 0.29) is 5.97 Å². The second-order valence-corrected chi connectivity index (χ2v) is 8.56. The number of ether oxygens (including phenoxy) is 2. The molecular weight excluding hydrogens is 426 g/mol. The van der Waals surface area contributed by atoms with Crippen molar-refractivity contribution in [3.8, 4) is 5.75 Å². The van der Waals surface area contributed by atoms with Crippen molar-refractivity contribution in [3.63, 3.8) is 0 Å². The predicted octanol–water partition coefficient (Wildman–Crippen LogP) is 5.20. The smallest absolute Gasteiger partial charge is 0.341 e. The summed E-state index contributed by atoms with van der Waals surface area (Å²) in [6, 6.07) is 17.9. The summed E-state index contributed by atoms with van der Waals surface area (Å²) in [7, 11) is 3.69. The lowest BCUT2D eigenvalue weighted by Crippen LogP contribution is -2.32. The van der Waals surface area contributed by atoms with Gasteiger partial charge in [0.15, 0.2) is 0 Å². The Balaban J connectivity index is 1.89. The number of hydrogen-bond acceptors (Lipinski definition) is 5. The van der Waals surface area contributed by atoms with Gasteiger partial charge in [0.05, 0.1) is 12.7 Å². The Labute approximate surface area is 199 Å². The number of carbonyl (C=O) groups excluding carboxylic acids is 1. The van der Waals surface area contributed by atoms with Crippen LogP contribution >= 0.6 is 0 Å². The molecule has 0 fully saturated rings.